The predicted molar refractivity (Wildman–Crippen MR) is 218 cm³/mol. The highest BCUT2D eigenvalue weighted by molar-refractivity contribution is 7.01. The number of benzene rings is 7. The molecule has 2 aliphatic rings. The van der Waals surface area contributed by atoms with Crippen LogP contribution < -0.4 is 31.1 Å². The average Bonchev–Trinajstić information content (AvgIpc) is 3.19. The van der Waals surface area contributed by atoms with E-state index in [4.69, 9.17) is 6.42 Å². The molecule has 3 nitrogen and oxygen atoms in total. The fourth-order valence-corrected chi connectivity index (χ4v) is 7.99. The van der Waals surface area contributed by atoms with E-state index >= 15 is 0 Å². The summed E-state index contributed by atoms with van der Waals surface area (Å²) in [7, 11) is 0. The van der Waals surface area contributed by atoms with Gasteiger partial charge in [-0.05, 0) is 107 Å². The van der Waals surface area contributed by atoms with Gasteiger partial charge in [-0.2, -0.15) is 0 Å². The second-order valence-electron chi connectivity index (χ2n) is 13.0. The van der Waals surface area contributed by atoms with Crippen LogP contribution in [0.25, 0.3) is 10.8 Å². The summed E-state index contributed by atoms with van der Waals surface area (Å²) in [6, 6.07) is 59.1. The van der Waals surface area contributed by atoms with Gasteiger partial charge in [0.2, 0.25) is 0 Å². The van der Waals surface area contributed by atoms with Crippen molar-refractivity contribution in [2.45, 2.75) is 6.92 Å². The van der Waals surface area contributed by atoms with Crippen molar-refractivity contribution < 1.29 is 0 Å². The van der Waals surface area contributed by atoms with Crippen LogP contribution in [-0.4, -0.2) is 6.71 Å². The number of terminal acetylenes is 1. The summed E-state index contributed by atoms with van der Waals surface area (Å²) < 4.78 is 0. The Kier molecular flexibility index (Phi) is 7.53. The topological polar surface area (TPSA) is 9.72 Å². The van der Waals surface area contributed by atoms with Gasteiger partial charge < -0.3 is 14.7 Å². The Balaban J connectivity index is 1.43. The molecular formula is C47H34BN3. The Morgan fingerprint density at radius 2 is 1.24 bits per heavy atom. The number of nitrogens with zero attached hydrogens (tertiary/aromatic N) is 3. The Morgan fingerprint density at radius 1 is 0.608 bits per heavy atom. The Bertz CT molecular complexity index is 2480. The quantitative estimate of drug-likeness (QED) is 0.101. The number of rotatable bonds is 6. The third-order valence-electron chi connectivity index (χ3n) is 10.0. The van der Waals surface area contributed by atoms with Gasteiger partial charge in [0.25, 0.3) is 6.71 Å². The van der Waals surface area contributed by atoms with Crippen molar-refractivity contribution in [2.75, 3.05) is 14.7 Å². The molecule has 51 heavy (non-hydrogen) atoms. The summed E-state index contributed by atoms with van der Waals surface area (Å²) in [6.07, 6.45) is 11.5. The maximum absolute atomic E-state index is 5.64. The van der Waals surface area contributed by atoms with Gasteiger partial charge in [0.1, 0.15) is 0 Å². The molecule has 7 aromatic carbocycles. The molecule has 0 amide bonds. The number of fused-ring (bicyclic) bond motifs is 6. The first-order chi connectivity index (χ1) is 25.2. The maximum atomic E-state index is 5.64. The van der Waals surface area contributed by atoms with E-state index in [1.165, 1.54) is 38.5 Å². The highest BCUT2D eigenvalue weighted by atomic mass is 15.2. The molecule has 0 radical (unpaired) electrons. The van der Waals surface area contributed by atoms with Crippen LogP contribution in [0.5, 0.6) is 0 Å². The molecule has 0 fully saturated rings. The van der Waals surface area contributed by atoms with Gasteiger partial charge >= 0.3 is 0 Å². The first-order valence-electron chi connectivity index (χ1n) is 17.4. The molecule has 0 atom stereocenters. The van der Waals surface area contributed by atoms with Gasteiger partial charge in [0.15, 0.2) is 0 Å². The number of allylic oxidation sites excluding steroid dienone is 4. The largest absolute Gasteiger partial charge is 0.315 e. The lowest BCUT2D eigenvalue weighted by Gasteiger charge is -2.45. The van der Waals surface area contributed by atoms with Crippen molar-refractivity contribution >= 4 is 79.4 Å². The highest BCUT2D eigenvalue weighted by Gasteiger charge is 2.44. The minimum atomic E-state index is 0.00788. The van der Waals surface area contributed by atoms with Gasteiger partial charge in [-0.1, -0.05) is 115 Å². The number of hydrogen-bond acceptors (Lipinski definition) is 3. The summed E-state index contributed by atoms with van der Waals surface area (Å²) >= 11 is 0. The normalized spacial score (nSPS) is 13.1. The zero-order chi connectivity index (χ0) is 34.3. The Morgan fingerprint density at radius 3 is 1.96 bits per heavy atom. The van der Waals surface area contributed by atoms with E-state index in [1.807, 2.05) is 6.08 Å². The second kappa shape index (κ2) is 12.6. The van der Waals surface area contributed by atoms with Crippen LogP contribution >= 0.6 is 0 Å². The molecule has 7 aromatic rings. The SMILES string of the molecule is C#C/C=C\C=C(/C)N1c2ccccc2B2c3c1cc(N(c1ccccc1)c1ccccc1)cc3N(c1ccccc1)c1ccc3ccccc3c12. The van der Waals surface area contributed by atoms with Gasteiger partial charge in [-0.3, -0.25) is 0 Å². The molecule has 0 saturated heterocycles. The predicted octanol–water partition coefficient (Wildman–Crippen LogP) is 10.2. The van der Waals surface area contributed by atoms with Crippen LogP contribution in [0.15, 0.2) is 188 Å². The van der Waals surface area contributed by atoms with E-state index < -0.39 is 0 Å². The summed E-state index contributed by atoms with van der Waals surface area (Å²) in [4.78, 5) is 7.25. The van der Waals surface area contributed by atoms with E-state index in [1.54, 1.807) is 6.08 Å². The Labute approximate surface area is 300 Å². The fraction of sp³-hybridized carbons (Fsp3) is 0.0213. The van der Waals surface area contributed by atoms with E-state index in [9.17, 15) is 0 Å². The molecule has 240 valence electrons. The lowest BCUT2D eigenvalue weighted by Crippen LogP contribution is -2.61. The van der Waals surface area contributed by atoms with Crippen molar-refractivity contribution in [3.8, 4) is 12.3 Å². The number of hydrogen-bond donors (Lipinski definition) is 0. The van der Waals surface area contributed by atoms with Gasteiger partial charge in [0, 0.05) is 45.5 Å². The lowest BCUT2D eigenvalue weighted by molar-refractivity contribution is 1.15. The van der Waals surface area contributed by atoms with Crippen LogP contribution in [-0.2, 0) is 0 Å². The maximum Gasteiger partial charge on any atom is 0.252 e. The van der Waals surface area contributed by atoms with Crippen LogP contribution in [0.1, 0.15) is 6.92 Å². The number of para-hydroxylation sites is 4. The number of anilines is 8. The van der Waals surface area contributed by atoms with Gasteiger partial charge in [0.05, 0.1) is 5.69 Å². The minimum Gasteiger partial charge on any atom is -0.315 e. The Hall–Kier alpha value is -6.70. The molecule has 2 heterocycles. The summed E-state index contributed by atoms with van der Waals surface area (Å²) in [5.41, 5.74) is 14.0. The molecule has 2 aliphatic heterocycles. The summed E-state index contributed by atoms with van der Waals surface area (Å²) in [5.74, 6) is 2.65. The average molecular weight is 652 g/mol. The van der Waals surface area contributed by atoms with Crippen molar-refractivity contribution in [3.05, 3.63) is 188 Å². The van der Waals surface area contributed by atoms with E-state index in [2.05, 4.69) is 197 Å². The first kappa shape index (κ1) is 30.4. The molecule has 0 spiro atoms. The zero-order valence-corrected chi connectivity index (χ0v) is 28.3. The highest BCUT2D eigenvalue weighted by Crippen LogP contribution is 2.47. The molecule has 0 aliphatic carbocycles. The van der Waals surface area contributed by atoms with Crippen LogP contribution in [0.2, 0.25) is 0 Å². The molecule has 0 saturated carbocycles. The molecular weight excluding hydrogens is 617 g/mol. The second-order valence-corrected chi connectivity index (χ2v) is 13.0. The van der Waals surface area contributed by atoms with Crippen LogP contribution in [0, 0.1) is 12.3 Å². The summed E-state index contributed by atoms with van der Waals surface area (Å²) in [6.45, 7) is 2.18. The van der Waals surface area contributed by atoms with Crippen molar-refractivity contribution in [1.82, 2.24) is 0 Å². The first-order valence-corrected chi connectivity index (χ1v) is 17.4. The molecule has 0 unspecified atom stereocenters. The smallest absolute Gasteiger partial charge is 0.252 e. The molecule has 0 aromatic heterocycles. The lowest BCUT2D eigenvalue weighted by atomic mass is 9.33. The van der Waals surface area contributed by atoms with Gasteiger partial charge in [-0.15, -0.1) is 6.42 Å². The molecule has 9 rings (SSSR count). The van der Waals surface area contributed by atoms with E-state index in [0.29, 0.717) is 0 Å². The van der Waals surface area contributed by atoms with E-state index in [0.717, 1.165) is 39.8 Å². The van der Waals surface area contributed by atoms with Gasteiger partial charge in [-0.25, -0.2) is 0 Å². The third kappa shape index (κ3) is 5.02. The third-order valence-corrected chi connectivity index (χ3v) is 10.0. The van der Waals surface area contributed by atoms with Crippen LogP contribution in [0.4, 0.5) is 45.5 Å². The van der Waals surface area contributed by atoms with Crippen molar-refractivity contribution in [2.24, 2.45) is 0 Å². The van der Waals surface area contributed by atoms with Crippen LogP contribution in [0.3, 0.4) is 0 Å². The van der Waals surface area contributed by atoms with Crippen molar-refractivity contribution in [3.63, 3.8) is 0 Å². The molecule has 4 heteroatoms. The monoisotopic (exact) mass is 651 g/mol. The molecule has 0 bridgehead atoms. The van der Waals surface area contributed by atoms with Crippen molar-refractivity contribution in [1.29, 1.82) is 0 Å². The summed E-state index contributed by atoms with van der Waals surface area (Å²) in [5, 5.41) is 2.50. The zero-order valence-electron chi connectivity index (χ0n) is 28.3. The standard InChI is InChI=1S/C47H34BN3/c1-3-4-8-19-34(2)49-42-29-18-17-28-41(42)48-46-40-27-16-15-20-35(40)30-31-43(46)51(38-25-13-7-14-26-38)45-33-39(32-44(49)47(45)48)50(36-21-9-5-10-22-36)37-23-11-6-12-24-37/h1,4-33H,2H3/b8-4-,34-19+. The molecule has 0 N–H and O–H groups in total. The van der Waals surface area contributed by atoms with E-state index in [-0.39, 0.29) is 6.71 Å². The fourth-order valence-electron chi connectivity index (χ4n) is 7.99. The minimum absolute atomic E-state index is 0.00788.